The molecule has 0 saturated heterocycles. The zero-order valence-corrected chi connectivity index (χ0v) is 15.0. The van der Waals surface area contributed by atoms with E-state index in [2.05, 4.69) is 49.3 Å². The third-order valence-electron chi connectivity index (χ3n) is 5.49. The van der Waals surface area contributed by atoms with Gasteiger partial charge in [-0.25, -0.2) is 0 Å². The zero-order valence-electron chi connectivity index (χ0n) is 15.0. The maximum Gasteiger partial charge on any atom is 0.272 e. The first-order valence-electron chi connectivity index (χ1n) is 9.02. The molecule has 1 aliphatic carbocycles. The smallest absolute Gasteiger partial charge is 0.272 e. The van der Waals surface area contributed by atoms with E-state index in [0.717, 1.165) is 31.2 Å². The maximum atomic E-state index is 11.3. The van der Waals surface area contributed by atoms with Crippen molar-refractivity contribution in [3.05, 3.63) is 75.8 Å². The molecule has 0 spiro atoms. The maximum absolute atomic E-state index is 11.3. The third kappa shape index (κ3) is 3.90. The first-order valence-corrected chi connectivity index (χ1v) is 9.02. The number of nitro benzene ring substituents is 1. The van der Waals surface area contributed by atoms with Gasteiger partial charge in [-0.2, -0.15) is 0 Å². The van der Waals surface area contributed by atoms with Gasteiger partial charge in [-0.05, 0) is 57.2 Å². The number of para-hydroxylation sites is 1. The standard InChI is InChI=1S/C21H26N2O2/c1-22(2)21(17-8-4-3-5-9-17)18-14-12-16(13-15-18)19-10-6-7-11-20(19)23(24)25/h3-11,16,18,21H,12-15H2,1-2H3. The van der Waals surface area contributed by atoms with Gasteiger partial charge >= 0.3 is 0 Å². The van der Waals surface area contributed by atoms with E-state index in [1.807, 2.05) is 12.1 Å². The van der Waals surface area contributed by atoms with Gasteiger partial charge in [-0.1, -0.05) is 48.5 Å². The van der Waals surface area contributed by atoms with Gasteiger partial charge in [0.1, 0.15) is 0 Å². The fourth-order valence-electron chi connectivity index (χ4n) is 4.39. The normalized spacial score (nSPS) is 21.9. The fraction of sp³-hybridized carbons (Fsp3) is 0.429. The van der Waals surface area contributed by atoms with E-state index in [-0.39, 0.29) is 10.6 Å². The van der Waals surface area contributed by atoms with E-state index >= 15 is 0 Å². The first-order chi connectivity index (χ1) is 12.1. The van der Waals surface area contributed by atoms with E-state index in [1.165, 1.54) is 5.56 Å². The molecule has 4 nitrogen and oxygen atoms in total. The molecule has 1 atom stereocenters. The van der Waals surface area contributed by atoms with Crippen molar-refractivity contribution in [2.75, 3.05) is 14.1 Å². The van der Waals surface area contributed by atoms with Crippen molar-refractivity contribution in [3.8, 4) is 0 Å². The van der Waals surface area contributed by atoms with Gasteiger partial charge in [-0.15, -0.1) is 0 Å². The van der Waals surface area contributed by atoms with Gasteiger partial charge in [-0.3, -0.25) is 10.1 Å². The Morgan fingerprint density at radius 3 is 2.16 bits per heavy atom. The Hall–Kier alpha value is -2.20. The summed E-state index contributed by atoms with van der Waals surface area (Å²) in [7, 11) is 4.29. The Kier molecular flexibility index (Phi) is 5.49. The molecule has 1 saturated carbocycles. The van der Waals surface area contributed by atoms with Crippen molar-refractivity contribution >= 4 is 5.69 Å². The molecule has 0 N–H and O–H groups in total. The van der Waals surface area contributed by atoms with Crippen LogP contribution in [0, 0.1) is 16.0 Å². The lowest BCUT2D eigenvalue weighted by Gasteiger charge is -2.37. The van der Waals surface area contributed by atoms with Crippen molar-refractivity contribution < 1.29 is 4.92 Å². The molecule has 2 aromatic rings. The monoisotopic (exact) mass is 338 g/mol. The van der Waals surface area contributed by atoms with E-state index < -0.39 is 0 Å². The SMILES string of the molecule is CN(C)C(c1ccccc1)C1CCC(c2ccccc2[N+](=O)[O-])CC1. The molecule has 0 heterocycles. The van der Waals surface area contributed by atoms with Crippen LogP contribution in [0.5, 0.6) is 0 Å². The first kappa shape index (κ1) is 17.6. The highest BCUT2D eigenvalue weighted by Gasteiger charge is 2.32. The summed E-state index contributed by atoms with van der Waals surface area (Å²) in [4.78, 5) is 13.4. The summed E-state index contributed by atoms with van der Waals surface area (Å²) in [6.45, 7) is 0. The topological polar surface area (TPSA) is 46.4 Å². The van der Waals surface area contributed by atoms with Gasteiger partial charge in [0, 0.05) is 17.7 Å². The quantitative estimate of drug-likeness (QED) is 0.558. The number of rotatable bonds is 5. The molecule has 0 amide bonds. The number of nitrogens with zero attached hydrogens (tertiary/aromatic N) is 2. The van der Waals surface area contributed by atoms with E-state index in [4.69, 9.17) is 0 Å². The minimum atomic E-state index is -0.242. The average Bonchev–Trinajstić information content (AvgIpc) is 2.63. The van der Waals surface area contributed by atoms with Crippen molar-refractivity contribution in [1.29, 1.82) is 0 Å². The number of nitro groups is 1. The van der Waals surface area contributed by atoms with Crippen LogP contribution in [-0.4, -0.2) is 23.9 Å². The van der Waals surface area contributed by atoms with Gasteiger partial charge in [0.25, 0.3) is 5.69 Å². The number of hydrogen-bond donors (Lipinski definition) is 0. The molecular formula is C21H26N2O2. The van der Waals surface area contributed by atoms with Gasteiger partial charge in [0.2, 0.25) is 0 Å². The molecule has 25 heavy (non-hydrogen) atoms. The Labute approximate surface area is 149 Å². The highest BCUT2D eigenvalue weighted by molar-refractivity contribution is 5.42. The highest BCUT2D eigenvalue weighted by atomic mass is 16.6. The summed E-state index contributed by atoms with van der Waals surface area (Å²) in [5.41, 5.74) is 2.55. The molecule has 0 aliphatic heterocycles. The summed E-state index contributed by atoms with van der Waals surface area (Å²) in [5.74, 6) is 0.896. The molecule has 3 rings (SSSR count). The third-order valence-corrected chi connectivity index (χ3v) is 5.49. The summed E-state index contributed by atoms with van der Waals surface area (Å²) < 4.78 is 0. The van der Waals surface area contributed by atoms with Crippen LogP contribution in [0.15, 0.2) is 54.6 Å². The molecule has 1 fully saturated rings. The molecule has 1 aliphatic rings. The molecule has 4 heteroatoms. The number of hydrogen-bond acceptors (Lipinski definition) is 3. The Morgan fingerprint density at radius 2 is 1.56 bits per heavy atom. The zero-order chi connectivity index (χ0) is 17.8. The van der Waals surface area contributed by atoms with Crippen LogP contribution in [0.4, 0.5) is 5.69 Å². The second-order valence-electron chi connectivity index (χ2n) is 7.25. The van der Waals surface area contributed by atoms with Crippen LogP contribution in [0.25, 0.3) is 0 Å². The minimum Gasteiger partial charge on any atom is -0.302 e. The highest BCUT2D eigenvalue weighted by Crippen LogP contribution is 2.44. The predicted molar refractivity (Wildman–Crippen MR) is 101 cm³/mol. The second kappa shape index (κ2) is 7.79. The van der Waals surface area contributed by atoms with Crippen molar-refractivity contribution in [2.24, 2.45) is 5.92 Å². The summed E-state index contributed by atoms with van der Waals surface area (Å²) in [6, 6.07) is 18.3. The second-order valence-corrected chi connectivity index (χ2v) is 7.25. The molecule has 1 unspecified atom stereocenters. The lowest BCUT2D eigenvalue weighted by atomic mass is 9.74. The van der Waals surface area contributed by atoms with Crippen molar-refractivity contribution in [2.45, 2.75) is 37.6 Å². The molecule has 0 radical (unpaired) electrons. The molecule has 0 bridgehead atoms. The van der Waals surface area contributed by atoms with Gasteiger partial charge in [0.05, 0.1) is 4.92 Å². The Bertz CT molecular complexity index is 707. The lowest BCUT2D eigenvalue weighted by Crippen LogP contribution is -2.30. The molecule has 132 valence electrons. The Morgan fingerprint density at radius 1 is 0.960 bits per heavy atom. The average molecular weight is 338 g/mol. The predicted octanol–water partition coefficient (Wildman–Crippen LogP) is 5.17. The van der Waals surface area contributed by atoms with Crippen LogP contribution in [0.3, 0.4) is 0 Å². The van der Waals surface area contributed by atoms with Crippen LogP contribution in [-0.2, 0) is 0 Å². The summed E-state index contributed by atoms with van der Waals surface area (Å²) >= 11 is 0. The molecule has 0 aromatic heterocycles. The van der Waals surface area contributed by atoms with E-state index in [0.29, 0.717) is 17.9 Å². The largest absolute Gasteiger partial charge is 0.302 e. The van der Waals surface area contributed by atoms with E-state index in [9.17, 15) is 10.1 Å². The van der Waals surface area contributed by atoms with Crippen LogP contribution in [0.1, 0.15) is 48.8 Å². The van der Waals surface area contributed by atoms with Gasteiger partial charge in [0.15, 0.2) is 0 Å². The van der Waals surface area contributed by atoms with Crippen molar-refractivity contribution in [3.63, 3.8) is 0 Å². The van der Waals surface area contributed by atoms with Crippen molar-refractivity contribution in [1.82, 2.24) is 4.90 Å². The Balaban J connectivity index is 1.74. The lowest BCUT2D eigenvalue weighted by molar-refractivity contribution is -0.385. The molecule has 2 aromatic carbocycles. The minimum absolute atomic E-state index is 0.242. The van der Waals surface area contributed by atoms with Crippen LogP contribution < -0.4 is 0 Å². The number of benzene rings is 2. The van der Waals surface area contributed by atoms with Gasteiger partial charge < -0.3 is 4.90 Å². The molecular weight excluding hydrogens is 312 g/mol. The van der Waals surface area contributed by atoms with Crippen LogP contribution in [0.2, 0.25) is 0 Å². The summed E-state index contributed by atoms with van der Waals surface area (Å²) in [5, 5.41) is 11.3. The van der Waals surface area contributed by atoms with E-state index in [1.54, 1.807) is 12.1 Å². The fourth-order valence-corrected chi connectivity index (χ4v) is 4.39. The van der Waals surface area contributed by atoms with Crippen LogP contribution >= 0.6 is 0 Å². The summed E-state index contributed by atoms with van der Waals surface area (Å²) in [6.07, 6.45) is 4.25.